The van der Waals surface area contributed by atoms with Crippen LogP contribution in [-0.4, -0.2) is 5.54 Å². The fourth-order valence-corrected chi connectivity index (χ4v) is 2.15. The standard InChI is InChI=1S/C10H21N/c1-8(2)9(3)10(11)6-4-5-7-10/h8-9H,4-7,11H2,1-3H3. The molecule has 1 rings (SSSR count). The van der Waals surface area contributed by atoms with Crippen molar-refractivity contribution in [2.45, 2.75) is 52.0 Å². The van der Waals surface area contributed by atoms with Gasteiger partial charge in [-0.25, -0.2) is 0 Å². The Kier molecular flexibility index (Phi) is 2.58. The second-order valence-electron chi connectivity index (χ2n) is 4.47. The van der Waals surface area contributed by atoms with Crippen molar-refractivity contribution >= 4 is 0 Å². The van der Waals surface area contributed by atoms with Gasteiger partial charge in [-0.2, -0.15) is 0 Å². The highest BCUT2D eigenvalue weighted by Gasteiger charge is 2.35. The normalized spacial score (nSPS) is 25.9. The Hall–Kier alpha value is -0.0400. The van der Waals surface area contributed by atoms with E-state index in [1.807, 2.05) is 0 Å². The van der Waals surface area contributed by atoms with E-state index in [4.69, 9.17) is 5.73 Å². The number of nitrogens with two attached hydrogens (primary N) is 1. The topological polar surface area (TPSA) is 26.0 Å². The summed E-state index contributed by atoms with van der Waals surface area (Å²) in [7, 11) is 0. The van der Waals surface area contributed by atoms with Crippen molar-refractivity contribution < 1.29 is 0 Å². The fourth-order valence-electron chi connectivity index (χ4n) is 2.15. The van der Waals surface area contributed by atoms with Crippen LogP contribution in [0.1, 0.15) is 46.5 Å². The zero-order valence-electron chi connectivity index (χ0n) is 8.06. The second-order valence-corrected chi connectivity index (χ2v) is 4.47. The molecule has 1 heteroatoms. The predicted octanol–water partition coefficient (Wildman–Crippen LogP) is 2.55. The van der Waals surface area contributed by atoms with Crippen molar-refractivity contribution in [3.63, 3.8) is 0 Å². The minimum absolute atomic E-state index is 0.175. The van der Waals surface area contributed by atoms with Crippen molar-refractivity contribution in [1.82, 2.24) is 0 Å². The van der Waals surface area contributed by atoms with E-state index < -0.39 is 0 Å². The summed E-state index contributed by atoms with van der Waals surface area (Å²) < 4.78 is 0. The molecule has 0 heterocycles. The van der Waals surface area contributed by atoms with Gasteiger partial charge in [0.05, 0.1) is 0 Å². The van der Waals surface area contributed by atoms with Crippen LogP contribution in [0.5, 0.6) is 0 Å². The van der Waals surface area contributed by atoms with Gasteiger partial charge < -0.3 is 5.73 Å². The van der Waals surface area contributed by atoms with E-state index >= 15 is 0 Å². The third-order valence-corrected chi connectivity index (χ3v) is 3.44. The first-order valence-corrected chi connectivity index (χ1v) is 4.85. The number of hydrogen-bond donors (Lipinski definition) is 1. The molecule has 0 saturated heterocycles. The van der Waals surface area contributed by atoms with Crippen molar-refractivity contribution in [3.8, 4) is 0 Å². The van der Waals surface area contributed by atoms with Crippen LogP contribution in [0.25, 0.3) is 0 Å². The molecular formula is C10H21N. The van der Waals surface area contributed by atoms with Gasteiger partial charge >= 0.3 is 0 Å². The first kappa shape index (κ1) is 9.05. The summed E-state index contributed by atoms with van der Waals surface area (Å²) >= 11 is 0. The Morgan fingerprint density at radius 3 is 1.91 bits per heavy atom. The van der Waals surface area contributed by atoms with Gasteiger partial charge in [-0.15, -0.1) is 0 Å². The molecule has 0 radical (unpaired) electrons. The Morgan fingerprint density at radius 1 is 1.09 bits per heavy atom. The lowest BCUT2D eigenvalue weighted by molar-refractivity contribution is 0.231. The lowest BCUT2D eigenvalue weighted by Crippen LogP contribution is -2.45. The van der Waals surface area contributed by atoms with Crippen molar-refractivity contribution in [3.05, 3.63) is 0 Å². The molecule has 0 spiro atoms. The van der Waals surface area contributed by atoms with Crippen molar-refractivity contribution in [1.29, 1.82) is 0 Å². The van der Waals surface area contributed by atoms with Crippen LogP contribution in [0.15, 0.2) is 0 Å². The highest BCUT2D eigenvalue weighted by molar-refractivity contribution is 4.94. The third-order valence-electron chi connectivity index (χ3n) is 3.44. The van der Waals surface area contributed by atoms with Gasteiger partial charge in [0.25, 0.3) is 0 Å². The summed E-state index contributed by atoms with van der Waals surface area (Å²) in [5, 5.41) is 0. The third kappa shape index (κ3) is 1.76. The van der Waals surface area contributed by atoms with E-state index in [9.17, 15) is 0 Å². The van der Waals surface area contributed by atoms with E-state index in [0.29, 0.717) is 5.92 Å². The Labute approximate surface area is 70.4 Å². The largest absolute Gasteiger partial charge is 0.325 e. The van der Waals surface area contributed by atoms with Gasteiger partial charge in [-0.05, 0) is 24.7 Å². The second kappa shape index (κ2) is 3.14. The molecule has 1 atom stereocenters. The van der Waals surface area contributed by atoms with Crippen LogP contribution in [0.3, 0.4) is 0 Å². The maximum atomic E-state index is 6.30. The smallest absolute Gasteiger partial charge is 0.0182 e. The van der Waals surface area contributed by atoms with Gasteiger partial charge in [-0.1, -0.05) is 33.6 Å². The van der Waals surface area contributed by atoms with Crippen molar-refractivity contribution in [2.24, 2.45) is 17.6 Å². The molecule has 1 saturated carbocycles. The maximum Gasteiger partial charge on any atom is 0.0182 e. The zero-order chi connectivity index (χ0) is 8.48. The lowest BCUT2D eigenvalue weighted by atomic mass is 9.78. The monoisotopic (exact) mass is 155 g/mol. The molecule has 0 aliphatic heterocycles. The van der Waals surface area contributed by atoms with Crippen LogP contribution >= 0.6 is 0 Å². The molecule has 1 fully saturated rings. The molecule has 1 unspecified atom stereocenters. The Bertz CT molecular complexity index is 123. The van der Waals surface area contributed by atoms with E-state index in [0.717, 1.165) is 5.92 Å². The first-order valence-electron chi connectivity index (χ1n) is 4.85. The molecule has 0 aromatic carbocycles. The summed E-state index contributed by atoms with van der Waals surface area (Å²) in [5.41, 5.74) is 6.48. The molecule has 0 amide bonds. The van der Waals surface area contributed by atoms with E-state index in [2.05, 4.69) is 20.8 Å². The maximum absolute atomic E-state index is 6.30. The minimum Gasteiger partial charge on any atom is -0.325 e. The zero-order valence-corrected chi connectivity index (χ0v) is 8.06. The predicted molar refractivity (Wildman–Crippen MR) is 49.4 cm³/mol. The van der Waals surface area contributed by atoms with Gasteiger partial charge in [0.2, 0.25) is 0 Å². The van der Waals surface area contributed by atoms with Crippen LogP contribution in [0, 0.1) is 11.8 Å². The van der Waals surface area contributed by atoms with Gasteiger partial charge in [0.15, 0.2) is 0 Å². The lowest BCUT2D eigenvalue weighted by Gasteiger charge is -2.34. The molecule has 0 bridgehead atoms. The minimum atomic E-state index is 0.175. The van der Waals surface area contributed by atoms with Gasteiger partial charge in [0.1, 0.15) is 0 Å². The highest BCUT2D eigenvalue weighted by atomic mass is 14.8. The Balaban J connectivity index is 2.56. The average Bonchev–Trinajstić information content (AvgIpc) is 2.35. The molecule has 66 valence electrons. The molecule has 11 heavy (non-hydrogen) atoms. The molecule has 2 N–H and O–H groups in total. The average molecular weight is 155 g/mol. The van der Waals surface area contributed by atoms with Crippen LogP contribution in [0.4, 0.5) is 0 Å². The van der Waals surface area contributed by atoms with E-state index in [1.165, 1.54) is 25.7 Å². The van der Waals surface area contributed by atoms with Crippen LogP contribution in [-0.2, 0) is 0 Å². The molecule has 0 aromatic rings. The van der Waals surface area contributed by atoms with E-state index in [1.54, 1.807) is 0 Å². The summed E-state index contributed by atoms with van der Waals surface area (Å²) in [4.78, 5) is 0. The highest BCUT2D eigenvalue weighted by Crippen LogP contribution is 2.36. The summed E-state index contributed by atoms with van der Waals surface area (Å²) in [6, 6.07) is 0. The molecular weight excluding hydrogens is 134 g/mol. The van der Waals surface area contributed by atoms with E-state index in [-0.39, 0.29) is 5.54 Å². The van der Waals surface area contributed by atoms with Crippen LogP contribution < -0.4 is 5.73 Å². The summed E-state index contributed by atoms with van der Waals surface area (Å²) in [6.45, 7) is 6.85. The molecule has 1 nitrogen and oxygen atoms in total. The number of hydrogen-bond acceptors (Lipinski definition) is 1. The molecule has 0 aromatic heterocycles. The van der Waals surface area contributed by atoms with Crippen molar-refractivity contribution in [2.75, 3.05) is 0 Å². The fraction of sp³-hybridized carbons (Fsp3) is 1.00. The quantitative estimate of drug-likeness (QED) is 0.651. The molecule has 1 aliphatic rings. The van der Waals surface area contributed by atoms with Gasteiger partial charge in [0, 0.05) is 5.54 Å². The summed E-state index contributed by atoms with van der Waals surface area (Å²) in [5.74, 6) is 1.42. The molecule has 1 aliphatic carbocycles. The number of rotatable bonds is 2. The Morgan fingerprint density at radius 2 is 1.55 bits per heavy atom. The first-order chi connectivity index (χ1) is 5.06. The van der Waals surface area contributed by atoms with Crippen LogP contribution in [0.2, 0.25) is 0 Å². The SMILES string of the molecule is CC(C)C(C)C1(N)CCCC1. The summed E-state index contributed by atoms with van der Waals surface area (Å²) in [6.07, 6.45) is 5.17. The van der Waals surface area contributed by atoms with Gasteiger partial charge in [-0.3, -0.25) is 0 Å².